The Kier molecular flexibility index (Phi) is 5.17. The molecular weight excluding hydrogens is 428 g/mol. The van der Waals surface area contributed by atoms with Crippen LogP contribution in [0.15, 0.2) is 77.7 Å². The molecule has 0 spiro atoms. The zero-order valence-corrected chi connectivity index (χ0v) is 17.8. The van der Waals surface area contributed by atoms with Crippen LogP contribution in [0.25, 0.3) is 22.4 Å². The summed E-state index contributed by atoms with van der Waals surface area (Å²) in [6, 6.07) is 16.5. The number of rotatable bonds is 6. The number of methoxy groups -OCH3 is 1. The quantitative estimate of drug-likeness (QED) is 0.342. The molecule has 5 aromatic rings. The topological polar surface area (TPSA) is 83.0 Å². The van der Waals surface area contributed by atoms with Crippen LogP contribution in [0.2, 0.25) is 5.02 Å². The van der Waals surface area contributed by atoms with E-state index >= 15 is 0 Å². The first kappa shape index (κ1) is 20.0. The van der Waals surface area contributed by atoms with E-state index in [0.29, 0.717) is 34.4 Å². The van der Waals surface area contributed by atoms with Gasteiger partial charge in [0.15, 0.2) is 11.5 Å². The second-order valence-electron chi connectivity index (χ2n) is 7.16. The molecule has 0 radical (unpaired) electrons. The third-order valence-corrected chi connectivity index (χ3v) is 5.38. The molecule has 0 amide bonds. The molecule has 0 unspecified atom stereocenters. The van der Waals surface area contributed by atoms with E-state index in [4.69, 9.17) is 20.9 Å². The number of ether oxygens (including phenoxy) is 1. The summed E-state index contributed by atoms with van der Waals surface area (Å²) < 4.78 is 12.7. The van der Waals surface area contributed by atoms with E-state index in [1.54, 1.807) is 31.6 Å². The lowest BCUT2D eigenvalue weighted by atomic mass is 10.1. The van der Waals surface area contributed by atoms with Gasteiger partial charge in [0, 0.05) is 47.1 Å². The molecule has 0 N–H and O–H groups in total. The smallest absolute Gasteiger partial charge is 0.233 e. The Labute approximate surface area is 188 Å². The molecule has 0 fully saturated rings. The predicted molar refractivity (Wildman–Crippen MR) is 120 cm³/mol. The number of carbonyl (C=O) groups is 1. The molecule has 0 aliphatic rings. The van der Waals surface area contributed by atoms with Crippen LogP contribution in [-0.2, 0) is 6.54 Å². The fourth-order valence-electron chi connectivity index (χ4n) is 3.55. The average molecular weight is 445 g/mol. The molecule has 2 aromatic carbocycles. The Morgan fingerprint density at radius 3 is 2.62 bits per heavy atom. The fraction of sp³-hybridized carbons (Fsp3) is 0.0833. The summed E-state index contributed by atoms with van der Waals surface area (Å²) in [4.78, 5) is 21.7. The fourth-order valence-corrected chi connectivity index (χ4v) is 3.68. The molecule has 0 saturated heterocycles. The Hall–Kier alpha value is -3.97. The van der Waals surface area contributed by atoms with Crippen molar-refractivity contribution < 1.29 is 14.1 Å². The minimum Gasteiger partial charge on any atom is -0.497 e. The Morgan fingerprint density at radius 2 is 1.88 bits per heavy atom. The maximum atomic E-state index is 13.4. The molecule has 32 heavy (non-hydrogen) atoms. The average Bonchev–Trinajstić information content (AvgIpc) is 3.46. The molecule has 0 aliphatic heterocycles. The van der Waals surface area contributed by atoms with Crippen LogP contribution < -0.4 is 4.74 Å². The van der Waals surface area contributed by atoms with Crippen molar-refractivity contribution in [2.75, 3.05) is 7.11 Å². The van der Waals surface area contributed by atoms with Crippen LogP contribution in [0, 0.1) is 0 Å². The second-order valence-corrected chi connectivity index (χ2v) is 7.59. The van der Waals surface area contributed by atoms with E-state index in [0.717, 1.165) is 16.5 Å². The molecule has 3 aromatic heterocycles. The molecule has 0 saturated carbocycles. The third kappa shape index (κ3) is 3.74. The summed E-state index contributed by atoms with van der Waals surface area (Å²) in [5.74, 6) is 0.877. The van der Waals surface area contributed by atoms with Crippen molar-refractivity contribution in [2.24, 2.45) is 0 Å². The molecule has 5 rings (SSSR count). The minimum atomic E-state index is -0.284. The van der Waals surface area contributed by atoms with Crippen molar-refractivity contribution in [3.8, 4) is 17.3 Å². The van der Waals surface area contributed by atoms with Gasteiger partial charge in [0.1, 0.15) is 5.75 Å². The second kappa shape index (κ2) is 8.28. The Bertz CT molecular complexity index is 1410. The first-order chi connectivity index (χ1) is 15.6. The predicted octanol–water partition coefficient (Wildman–Crippen LogP) is 5.03. The lowest BCUT2D eigenvalue weighted by Gasteiger charge is -2.06. The zero-order valence-electron chi connectivity index (χ0n) is 17.0. The van der Waals surface area contributed by atoms with Crippen LogP contribution >= 0.6 is 11.6 Å². The van der Waals surface area contributed by atoms with Crippen molar-refractivity contribution in [3.05, 3.63) is 95.1 Å². The van der Waals surface area contributed by atoms with Crippen LogP contribution in [0.4, 0.5) is 0 Å². The van der Waals surface area contributed by atoms with Gasteiger partial charge < -0.3 is 13.8 Å². The van der Waals surface area contributed by atoms with Crippen LogP contribution in [0.1, 0.15) is 21.7 Å². The summed E-state index contributed by atoms with van der Waals surface area (Å²) in [6.07, 6.45) is 5.03. The van der Waals surface area contributed by atoms with E-state index in [-0.39, 0.29) is 11.5 Å². The number of hydrogen-bond donors (Lipinski definition) is 0. The highest BCUT2D eigenvalue weighted by atomic mass is 35.5. The number of aromatic nitrogens is 4. The Balaban J connectivity index is 1.56. The molecule has 158 valence electrons. The van der Waals surface area contributed by atoms with E-state index in [9.17, 15) is 4.79 Å². The number of fused-ring (bicyclic) bond motifs is 1. The van der Waals surface area contributed by atoms with Gasteiger partial charge in [-0.05, 0) is 42.0 Å². The maximum Gasteiger partial charge on any atom is 0.233 e. The highest BCUT2D eigenvalue weighted by molar-refractivity contribution is 6.30. The molecule has 0 aliphatic carbocycles. The van der Waals surface area contributed by atoms with Gasteiger partial charge in [-0.1, -0.05) is 28.9 Å². The summed E-state index contributed by atoms with van der Waals surface area (Å²) >= 11 is 6.01. The number of nitrogens with zero attached hydrogens (tertiary/aromatic N) is 4. The van der Waals surface area contributed by atoms with E-state index < -0.39 is 0 Å². The highest BCUT2D eigenvalue weighted by Gasteiger charge is 2.22. The minimum absolute atomic E-state index is 0.112. The summed E-state index contributed by atoms with van der Waals surface area (Å²) in [5, 5.41) is 5.40. The molecular formula is C24H17ClN4O3. The lowest BCUT2D eigenvalue weighted by molar-refractivity contribution is 0.100. The number of carbonyl (C=O) groups excluding carboxylic acids is 1. The first-order valence-corrected chi connectivity index (χ1v) is 10.2. The van der Waals surface area contributed by atoms with Crippen LogP contribution in [-0.4, -0.2) is 32.6 Å². The van der Waals surface area contributed by atoms with Crippen molar-refractivity contribution >= 4 is 28.3 Å². The molecule has 3 heterocycles. The van der Waals surface area contributed by atoms with Gasteiger partial charge >= 0.3 is 0 Å². The number of halogens is 1. The SMILES string of the molecule is COc1ccc2c(c1)c(C(=O)c1cc(-c3ncccn3)no1)cn2Cc1ccc(Cl)cc1. The normalized spacial score (nSPS) is 11.1. The number of ketones is 1. The van der Waals surface area contributed by atoms with Gasteiger partial charge in [-0.15, -0.1) is 0 Å². The van der Waals surface area contributed by atoms with Crippen molar-refractivity contribution in [3.63, 3.8) is 0 Å². The lowest BCUT2D eigenvalue weighted by Crippen LogP contribution is -2.00. The third-order valence-electron chi connectivity index (χ3n) is 5.13. The number of benzene rings is 2. The standard InChI is InChI=1S/C24H17ClN4O3/c1-31-17-7-8-21-18(11-17)19(14-29(21)13-15-3-5-16(25)6-4-15)23(30)22-12-20(28-32-22)24-26-9-2-10-27-24/h2-12,14H,13H2,1H3. The Morgan fingerprint density at radius 1 is 1.09 bits per heavy atom. The van der Waals surface area contributed by atoms with Crippen LogP contribution in [0.5, 0.6) is 5.75 Å². The monoisotopic (exact) mass is 444 g/mol. The van der Waals surface area contributed by atoms with Crippen LogP contribution in [0.3, 0.4) is 0 Å². The zero-order chi connectivity index (χ0) is 22.1. The van der Waals surface area contributed by atoms with E-state index in [1.165, 1.54) is 0 Å². The van der Waals surface area contributed by atoms with Gasteiger partial charge in [-0.3, -0.25) is 4.79 Å². The van der Waals surface area contributed by atoms with Gasteiger partial charge in [-0.25, -0.2) is 9.97 Å². The molecule has 8 heteroatoms. The molecule has 0 atom stereocenters. The highest BCUT2D eigenvalue weighted by Crippen LogP contribution is 2.29. The van der Waals surface area contributed by atoms with E-state index in [1.807, 2.05) is 53.2 Å². The van der Waals surface area contributed by atoms with Crippen molar-refractivity contribution in [1.29, 1.82) is 0 Å². The van der Waals surface area contributed by atoms with Gasteiger partial charge in [0.05, 0.1) is 12.7 Å². The van der Waals surface area contributed by atoms with Crippen molar-refractivity contribution in [2.45, 2.75) is 6.54 Å². The summed E-state index contributed by atoms with van der Waals surface area (Å²) in [7, 11) is 1.59. The van der Waals surface area contributed by atoms with Gasteiger partial charge in [-0.2, -0.15) is 0 Å². The first-order valence-electron chi connectivity index (χ1n) is 9.82. The van der Waals surface area contributed by atoms with Gasteiger partial charge in [0.2, 0.25) is 11.5 Å². The number of hydrogen-bond acceptors (Lipinski definition) is 6. The summed E-state index contributed by atoms with van der Waals surface area (Å²) in [5.41, 5.74) is 2.85. The van der Waals surface area contributed by atoms with Gasteiger partial charge in [0.25, 0.3) is 0 Å². The molecule has 0 bridgehead atoms. The molecule has 7 nitrogen and oxygen atoms in total. The van der Waals surface area contributed by atoms with Crippen molar-refractivity contribution in [1.82, 2.24) is 19.7 Å². The summed E-state index contributed by atoms with van der Waals surface area (Å²) in [6.45, 7) is 0.576. The maximum absolute atomic E-state index is 13.4. The largest absolute Gasteiger partial charge is 0.497 e. The van der Waals surface area contributed by atoms with E-state index in [2.05, 4.69) is 15.1 Å².